The van der Waals surface area contributed by atoms with Gasteiger partial charge in [-0.2, -0.15) is 0 Å². The van der Waals surface area contributed by atoms with Crippen molar-refractivity contribution < 1.29 is 24.5 Å². The van der Waals surface area contributed by atoms with Gasteiger partial charge in [0.05, 0.1) is 6.10 Å². The van der Waals surface area contributed by atoms with Crippen molar-refractivity contribution in [3.8, 4) is 0 Å². The van der Waals surface area contributed by atoms with Crippen molar-refractivity contribution in [2.75, 3.05) is 13.1 Å². The van der Waals surface area contributed by atoms with E-state index in [0.29, 0.717) is 32.4 Å². The highest BCUT2D eigenvalue weighted by Crippen LogP contribution is 2.23. The van der Waals surface area contributed by atoms with Gasteiger partial charge in [-0.15, -0.1) is 0 Å². The summed E-state index contributed by atoms with van der Waals surface area (Å²) < 4.78 is 5.16. The number of carboxylic acid groups (broad SMARTS) is 1. The molecule has 2 aliphatic rings. The molecule has 90 valence electrons. The molecule has 16 heavy (non-hydrogen) atoms. The summed E-state index contributed by atoms with van der Waals surface area (Å²) in [7, 11) is 0. The van der Waals surface area contributed by atoms with Crippen LogP contribution >= 0.6 is 0 Å². The number of amides is 1. The second kappa shape index (κ2) is 4.39. The van der Waals surface area contributed by atoms with E-state index in [2.05, 4.69) is 0 Å². The molecule has 3 atom stereocenters. The van der Waals surface area contributed by atoms with E-state index in [1.165, 1.54) is 0 Å². The molecule has 2 saturated heterocycles. The second-order valence-corrected chi connectivity index (χ2v) is 4.26. The zero-order valence-corrected chi connectivity index (χ0v) is 8.83. The third-order valence-electron chi connectivity index (χ3n) is 3.05. The van der Waals surface area contributed by atoms with Gasteiger partial charge in [0.25, 0.3) is 5.91 Å². The number of carboxylic acids is 1. The van der Waals surface area contributed by atoms with Gasteiger partial charge in [0.1, 0.15) is 6.10 Å². The van der Waals surface area contributed by atoms with Crippen LogP contribution in [-0.2, 0) is 14.3 Å². The summed E-state index contributed by atoms with van der Waals surface area (Å²) in [4.78, 5) is 24.1. The number of carbonyl (C=O) groups excluding carboxylic acids is 1. The van der Waals surface area contributed by atoms with Gasteiger partial charge < -0.3 is 19.8 Å². The van der Waals surface area contributed by atoms with Crippen molar-refractivity contribution in [1.82, 2.24) is 4.90 Å². The first-order chi connectivity index (χ1) is 7.58. The van der Waals surface area contributed by atoms with Gasteiger partial charge in [-0.3, -0.25) is 4.79 Å². The fourth-order valence-corrected chi connectivity index (χ4v) is 2.15. The molecule has 2 rings (SSSR count). The number of aliphatic carboxylic acids is 1. The molecule has 0 aromatic carbocycles. The number of hydrogen-bond donors (Lipinski definition) is 2. The lowest BCUT2D eigenvalue weighted by Gasteiger charge is -2.19. The second-order valence-electron chi connectivity index (χ2n) is 4.26. The number of ether oxygens (including phenoxy) is 1. The summed E-state index contributed by atoms with van der Waals surface area (Å²) in [6.45, 7) is 0.855. The van der Waals surface area contributed by atoms with Gasteiger partial charge in [-0.1, -0.05) is 0 Å². The van der Waals surface area contributed by atoms with Crippen molar-refractivity contribution in [2.24, 2.45) is 0 Å². The summed E-state index contributed by atoms with van der Waals surface area (Å²) >= 11 is 0. The van der Waals surface area contributed by atoms with E-state index in [1.807, 2.05) is 0 Å². The Balaban J connectivity index is 1.89. The normalized spacial score (nSPS) is 34.3. The first-order valence-corrected chi connectivity index (χ1v) is 5.43. The molecule has 0 bridgehead atoms. The van der Waals surface area contributed by atoms with Gasteiger partial charge >= 0.3 is 5.97 Å². The molecule has 6 heteroatoms. The SMILES string of the molecule is O=C(O)C1CCC(C(=O)N2CC[C@@H](O)C2)O1. The van der Waals surface area contributed by atoms with Crippen molar-refractivity contribution in [2.45, 2.75) is 37.6 Å². The highest BCUT2D eigenvalue weighted by molar-refractivity contribution is 5.83. The number of likely N-dealkylation sites (tertiary alicyclic amines) is 1. The van der Waals surface area contributed by atoms with Gasteiger partial charge in [0, 0.05) is 13.1 Å². The number of β-amino-alcohol motifs (C(OH)–C–C–N with tert-alkyl or cyclic N) is 1. The molecule has 0 saturated carbocycles. The zero-order chi connectivity index (χ0) is 11.7. The Hall–Kier alpha value is -1.14. The van der Waals surface area contributed by atoms with Crippen LogP contribution in [0.1, 0.15) is 19.3 Å². The van der Waals surface area contributed by atoms with Crippen LogP contribution in [0.4, 0.5) is 0 Å². The van der Waals surface area contributed by atoms with Crippen LogP contribution in [0.5, 0.6) is 0 Å². The Morgan fingerprint density at radius 2 is 1.88 bits per heavy atom. The number of aliphatic hydroxyl groups excluding tert-OH is 1. The molecule has 0 aromatic rings. The Labute approximate surface area is 92.8 Å². The topological polar surface area (TPSA) is 87.1 Å². The Kier molecular flexibility index (Phi) is 3.11. The molecule has 6 nitrogen and oxygen atoms in total. The summed E-state index contributed by atoms with van der Waals surface area (Å²) in [6.07, 6.45) is -0.556. The highest BCUT2D eigenvalue weighted by atomic mass is 16.5. The predicted molar refractivity (Wildman–Crippen MR) is 52.7 cm³/mol. The van der Waals surface area contributed by atoms with Crippen LogP contribution in [0.15, 0.2) is 0 Å². The highest BCUT2D eigenvalue weighted by Gasteiger charge is 2.38. The molecule has 0 radical (unpaired) electrons. The quantitative estimate of drug-likeness (QED) is 0.648. The van der Waals surface area contributed by atoms with E-state index in [0.717, 1.165) is 0 Å². The maximum Gasteiger partial charge on any atom is 0.332 e. The first kappa shape index (κ1) is 11.3. The summed E-state index contributed by atoms with van der Waals surface area (Å²) in [6, 6.07) is 0. The number of carbonyl (C=O) groups is 2. The van der Waals surface area contributed by atoms with Gasteiger partial charge in [0.15, 0.2) is 6.10 Å². The molecule has 2 N–H and O–H groups in total. The number of nitrogens with zero attached hydrogens (tertiary/aromatic N) is 1. The Morgan fingerprint density at radius 3 is 2.38 bits per heavy atom. The Bertz CT molecular complexity index is 306. The maximum atomic E-state index is 11.9. The van der Waals surface area contributed by atoms with Crippen LogP contribution in [0.25, 0.3) is 0 Å². The molecule has 2 fully saturated rings. The number of rotatable bonds is 2. The lowest BCUT2D eigenvalue weighted by molar-refractivity contribution is -0.154. The molecule has 2 aliphatic heterocycles. The van der Waals surface area contributed by atoms with Crippen LogP contribution < -0.4 is 0 Å². The Morgan fingerprint density at radius 1 is 1.19 bits per heavy atom. The number of aliphatic hydroxyl groups is 1. The van der Waals surface area contributed by atoms with Crippen LogP contribution in [0.3, 0.4) is 0 Å². The van der Waals surface area contributed by atoms with E-state index in [9.17, 15) is 14.7 Å². The molecule has 0 aliphatic carbocycles. The smallest absolute Gasteiger partial charge is 0.332 e. The van der Waals surface area contributed by atoms with Crippen molar-refractivity contribution in [3.05, 3.63) is 0 Å². The molecule has 0 aromatic heterocycles. The minimum Gasteiger partial charge on any atom is -0.479 e. The molecular formula is C10H15NO5. The van der Waals surface area contributed by atoms with E-state index in [-0.39, 0.29) is 5.91 Å². The average molecular weight is 229 g/mol. The van der Waals surface area contributed by atoms with Crippen LogP contribution in [0.2, 0.25) is 0 Å². The van der Waals surface area contributed by atoms with Crippen LogP contribution in [0, 0.1) is 0 Å². The summed E-state index contributed by atoms with van der Waals surface area (Å²) in [5, 5.41) is 18.0. The van der Waals surface area contributed by atoms with Crippen molar-refractivity contribution >= 4 is 11.9 Å². The average Bonchev–Trinajstić information content (AvgIpc) is 2.84. The fourth-order valence-electron chi connectivity index (χ4n) is 2.15. The van der Waals surface area contributed by atoms with Crippen molar-refractivity contribution in [1.29, 1.82) is 0 Å². The minimum absolute atomic E-state index is 0.194. The van der Waals surface area contributed by atoms with E-state index >= 15 is 0 Å². The van der Waals surface area contributed by atoms with E-state index < -0.39 is 24.3 Å². The third kappa shape index (κ3) is 2.17. The van der Waals surface area contributed by atoms with Gasteiger partial charge in [-0.25, -0.2) is 4.79 Å². The lowest BCUT2D eigenvalue weighted by Crippen LogP contribution is -2.38. The molecule has 1 amide bonds. The lowest BCUT2D eigenvalue weighted by atomic mass is 10.2. The van der Waals surface area contributed by atoms with E-state index in [1.54, 1.807) is 4.90 Å². The van der Waals surface area contributed by atoms with Gasteiger partial charge in [-0.05, 0) is 19.3 Å². The summed E-state index contributed by atoms with van der Waals surface area (Å²) in [5.41, 5.74) is 0. The van der Waals surface area contributed by atoms with Crippen molar-refractivity contribution in [3.63, 3.8) is 0 Å². The molecular weight excluding hydrogens is 214 g/mol. The van der Waals surface area contributed by atoms with E-state index in [4.69, 9.17) is 9.84 Å². The fraction of sp³-hybridized carbons (Fsp3) is 0.800. The minimum atomic E-state index is -1.02. The third-order valence-corrected chi connectivity index (χ3v) is 3.05. The molecule has 2 heterocycles. The predicted octanol–water partition coefficient (Wildman–Crippen LogP) is -0.788. The van der Waals surface area contributed by atoms with Crippen LogP contribution in [-0.4, -0.2) is 58.4 Å². The summed E-state index contributed by atoms with van der Waals surface area (Å²) in [5.74, 6) is -1.21. The zero-order valence-electron chi connectivity index (χ0n) is 8.83. The molecule has 2 unspecified atom stereocenters. The standard InChI is InChI=1S/C10H15NO5/c12-6-3-4-11(5-6)9(13)7-1-2-8(16-7)10(14)15/h6-8,12H,1-5H2,(H,14,15)/t6-,7?,8?/m1/s1. The largest absolute Gasteiger partial charge is 0.479 e. The van der Waals surface area contributed by atoms with Gasteiger partial charge in [0.2, 0.25) is 0 Å². The monoisotopic (exact) mass is 229 g/mol. The maximum absolute atomic E-state index is 11.9. The first-order valence-electron chi connectivity index (χ1n) is 5.43. The molecule has 0 spiro atoms. The number of hydrogen-bond acceptors (Lipinski definition) is 4.